The molecule has 1 amide bonds. The van der Waals surface area contributed by atoms with E-state index in [1.807, 2.05) is 30.0 Å². The fourth-order valence-corrected chi connectivity index (χ4v) is 5.51. The summed E-state index contributed by atoms with van der Waals surface area (Å²) in [4.78, 5) is 26.3. The predicted molar refractivity (Wildman–Crippen MR) is 129 cm³/mol. The molecule has 4 aromatic rings. The van der Waals surface area contributed by atoms with Crippen LogP contribution in [0.25, 0.3) is 22.5 Å². The quantitative estimate of drug-likeness (QED) is 0.275. The van der Waals surface area contributed by atoms with Crippen LogP contribution in [0.2, 0.25) is 0 Å². The van der Waals surface area contributed by atoms with Crippen molar-refractivity contribution in [3.63, 3.8) is 0 Å². The minimum Gasteiger partial charge on any atom is -0.465 e. The van der Waals surface area contributed by atoms with Crippen molar-refractivity contribution in [2.45, 2.75) is 12.1 Å². The molecule has 170 valence electrons. The van der Waals surface area contributed by atoms with Crippen LogP contribution in [0, 0.1) is 12.7 Å². The van der Waals surface area contributed by atoms with Gasteiger partial charge >= 0.3 is 5.97 Å². The van der Waals surface area contributed by atoms with Crippen LogP contribution in [0.4, 0.5) is 9.39 Å². The molecule has 0 fully saturated rings. The van der Waals surface area contributed by atoms with Crippen molar-refractivity contribution >= 4 is 51.3 Å². The first-order valence-corrected chi connectivity index (χ1v) is 12.4. The Balaban J connectivity index is 1.48. The maximum Gasteiger partial charge on any atom is 0.341 e. The maximum atomic E-state index is 13.3. The number of hydrogen-bond donors (Lipinski definition) is 1. The van der Waals surface area contributed by atoms with Crippen molar-refractivity contribution < 1.29 is 18.7 Å². The standard InChI is InChI=1S/C22H19FN4O3S3/c1-12-8-14(9-31-12)19-25-26-22(27(19)2)33-11-17(28)24-20-18(21(29)30-3)16(10-32-20)13-4-6-15(23)7-5-13/h4-10H,11H2,1-3H3,(H,24,28). The minimum atomic E-state index is -0.581. The van der Waals surface area contributed by atoms with Gasteiger partial charge in [0.25, 0.3) is 0 Å². The Morgan fingerprint density at radius 2 is 1.91 bits per heavy atom. The van der Waals surface area contributed by atoms with Crippen LogP contribution < -0.4 is 5.32 Å². The Bertz CT molecular complexity index is 1310. The number of halogens is 1. The second kappa shape index (κ2) is 9.86. The summed E-state index contributed by atoms with van der Waals surface area (Å²) in [6, 6.07) is 7.82. The van der Waals surface area contributed by atoms with Crippen LogP contribution in [0.5, 0.6) is 0 Å². The summed E-state index contributed by atoms with van der Waals surface area (Å²) >= 11 is 4.09. The van der Waals surface area contributed by atoms with Crippen LogP contribution in [0.3, 0.4) is 0 Å². The first-order chi connectivity index (χ1) is 15.9. The van der Waals surface area contributed by atoms with E-state index >= 15 is 0 Å². The van der Waals surface area contributed by atoms with Gasteiger partial charge in [0.15, 0.2) is 11.0 Å². The highest BCUT2D eigenvalue weighted by Gasteiger charge is 2.23. The van der Waals surface area contributed by atoms with Gasteiger partial charge in [-0.1, -0.05) is 23.9 Å². The van der Waals surface area contributed by atoms with Crippen LogP contribution in [-0.2, 0) is 16.6 Å². The van der Waals surface area contributed by atoms with Gasteiger partial charge in [-0.05, 0) is 30.7 Å². The SMILES string of the molecule is COC(=O)c1c(-c2ccc(F)cc2)csc1NC(=O)CSc1nnc(-c2csc(C)c2)n1C. The lowest BCUT2D eigenvalue weighted by molar-refractivity contribution is -0.113. The van der Waals surface area contributed by atoms with Crippen molar-refractivity contribution in [3.05, 3.63) is 57.3 Å². The molecule has 0 aliphatic heterocycles. The third-order valence-electron chi connectivity index (χ3n) is 4.74. The van der Waals surface area contributed by atoms with E-state index in [0.717, 1.165) is 11.4 Å². The van der Waals surface area contributed by atoms with E-state index in [2.05, 4.69) is 15.5 Å². The van der Waals surface area contributed by atoms with Crippen molar-refractivity contribution in [2.75, 3.05) is 18.2 Å². The number of hydrogen-bond acceptors (Lipinski definition) is 8. The monoisotopic (exact) mass is 502 g/mol. The van der Waals surface area contributed by atoms with Crippen LogP contribution >= 0.6 is 34.4 Å². The topological polar surface area (TPSA) is 86.1 Å². The number of esters is 1. The molecule has 33 heavy (non-hydrogen) atoms. The highest BCUT2D eigenvalue weighted by molar-refractivity contribution is 7.99. The number of rotatable bonds is 7. The number of benzene rings is 1. The number of thioether (sulfide) groups is 1. The number of carbonyl (C=O) groups excluding carboxylic acids is 2. The first-order valence-electron chi connectivity index (χ1n) is 9.70. The minimum absolute atomic E-state index is 0.0824. The zero-order chi connectivity index (χ0) is 23.5. The molecule has 0 atom stereocenters. The molecule has 3 heterocycles. The largest absolute Gasteiger partial charge is 0.465 e. The molecule has 11 heteroatoms. The molecule has 0 radical (unpaired) electrons. The number of nitrogens with zero attached hydrogens (tertiary/aromatic N) is 3. The number of ether oxygens (including phenoxy) is 1. The number of aryl methyl sites for hydroxylation is 1. The van der Waals surface area contributed by atoms with Gasteiger partial charge in [0.05, 0.1) is 12.9 Å². The summed E-state index contributed by atoms with van der Waals surface area (Å²) < 4.78 is 20.1. The lowest BCUT2D eigenvalue weighted by Gasteiger charge is -2.08. The second-order valence-corrected chi connectivity index (χ2v) is 9.94. The van der Waals surface area contributed by atoms with Gasteiger partial charge in [-0.2, -0.15) is 0 Å². The molecule has 0 bridgehead atoms. The summed E-state index contributed by atoms with van der Waals surface area (Å²) in [5.74, 6) is -0.437. The summed E-state index contributed by atoms with van der Waals surface area (Å²) in [6.45, 7) is 2.03. The summed E-state index contributed by atoms with van der Waals surface area (Å²) in [7, 11) is 3.13. The van der Waals surface area contributed by atoms with Crippen molar-refractivity contribution in [2.24, 2.45) is 7.05 Å². The number of carbonyl (C=O) groups is 2. The number of aromatic nitrogens is 3. The molecule has 0 saturated carbocycles. The zero-order valence-electron chi connectivity index (χ0n) is 17.9. The van der Waals surface area contributed by atoms with E-state index in [1.54, 1.807) is 28.8 Å². The molecule has 0 aliphatic carbocycles. The Morgan fingerprint density at radius 1 is 1.15 bits per heavy atom. The van der Waals surface area contributed by atoms with E-state index in [4.69, 9.17) is 4.74 Å². The van der Waals surface area contributed by atoms with E-state index in [0.29, 0.717) is 21.3 Å². The number of methoxy groups -OCH3 is 1. The highest BCUT2D eigenvalue weighted by Crippen LogP contribution is 2.36. The summed E-state index contributed by atoms with van der Waals surface area (Å²) in [5, 5.41) is 15.9. The average Bonchev–Trinajstić information content (AvgIpc) is 3.51. The van der Waals surface area contributed by atoms with Crippen molar-refractivity contribution in [1.29, 1.82) is 0 Å². The van der Waals surface area contributed by atoms with Crippen molar-refractivity contribution in [1.82, 2.24) is 14.8 Å². The Morgan fingerprint density at radius 3 is 2.58 bits per heavy atom. The number of amides is 1. The normalized spacial score (nSPS) is 10.9. The molecular formula is C22H19FN4O3S3. The average molecular weight is 503 g/mol. The maximum absolute atomic E-state index is 13.3. The van der Waals surface area contributed by atoms with Gasteiger partial charge in [0.1, 0.15) is 16.4 Å². The number of thiophene rings is 2. The van der Waals surface area contributed by atoms with Gasteiger partial charge in [-0.25, -0.2) is 9.18 Å². The second-order valence-electron chi connectivity index (χ2n) is 7.00. The van der Waals surface area contributed by atoms with E-state index < -0.39 is 5.97 Å². The van der Waals surface area contributed by atoms with Gasteiger partial charge < -0.3 is 14.6 Å². The fourth-order valence-electron chi connectivity index (χ4n) is 3.14. The van der Waals surface area contributed by atoms with Crippen LogP contribution in [0.15, 0.2) is 46.2 Å². The van der Waals surface area contributed by atoms with Crippen molar-refractivity contribution in [3.8, 4) is 22.5 Å². The lowest BCUT2D eigenvalue weighted by atomic mass is 10.0. The highest BCUT2D eigenvalue weighted by atomic mass is 32.2. The molecular weight excluding hydrogens is 483 g/mol. The molecule has 1 aromatic carbocycles. The first kappa shape index (κ1) is 23.1. The van der Waals surface area contributed by atoms with Crippen LogP contribution in [0.1, 0.15) is 15.2 Å². The molecule has 0 unspecified atom stereocenters. The van der Waals surface area contributed by atoms with Gasteiger partial charge in [-0.3, -0.25) is 4.79 Å². The third kappa shape index (κ3) is 5.00. The Labute approximate surface area is 201 Å². The van der Waals surface area contributed by atoms with Crippen LogP contribution in [-0.4, -0.2) is 39.5 Å². The smallest absolute Gasteiger partial charge is 0.341 e. The fraction of sp³-hybridized carbons (Fsp3) is 0.182. The van der Waals surface area contributed by atoms with Gasteiger partial charge in [0, 0.05) is 33.8 Å². The summed E-state index contributed by atoms with van der Waals surface area (Å²) in [5.41, 5.74) is 2.44. The van der Waals surface area contributed by atoms with Gasteiger partial charge in [-0.15, -0.1) is 32.9 Å². The Kier molecular flexibility index (Phi) is 6.91. The molecule has 0 spiro atoms. The molecule has 7 nitrogen and oxygen atoms in total. The molecule has 0 aliphatic rings. The molecule has 3 aromatic heterocycles. The molecule has 1 N–H and O–H groups in total. The molecule has 4 rings (SSSR count). The Hall–Kier alpha value is -3.02. The van der Waals surface area contributed by atoms with E-state index in [-0.39, 0.29) is 23.0 Å². The number of anilines is 1. The predicted octanol–water partition coefficient (Wildman–Crippen LogP) is 5.24. The lowest BCUT2D eigenvalue weighted by Crippen LogP contribution is -2.16. The van der Waals surface area contributed by atoms with Gasteiger partial charge in [0.2, 0.25) is 5.91 Å². The summed E-state index contributed by atoms with van der Waals surface area (Å²) in [6.07, 6.45) is 0. The van der Waals surface area contributed by atoms with E-state index in [9.17, 15) is 14.0 Å². The number of nitrogens with one attached hydrogen (secondary N) is 1. The zero-order valence-corrected chi connectivity index (χ0v) is 20.4. The van der Waals surface area contributed by atoms with E-state index in [1.165, 1.54) is 47.2 Å². The molecule has 0 saturated heterocycles. The third-order valence-corrected chi connectivity index (χ3v) is 7.52.